The summed E-state index contributed by atoms with van der Waals surface area (Å²) in [5.74, 6) is -0.403. The van der Waals surface area contributed by atoms with E-state index in [9.17, 15) is 4.79 Å². The minimum absolute atomic E-state index is 0.117. The molecular formula is C5H10N2O2. The third-order valence-electron chi connectivity index (χ3n) is 0.807. The second kappa shape index (κ2) is 4.05. The number of aliphatic hydroxyl groups excluding tert-OH is 1. The highest BCUT2D eigenvalue weighted by Crippen LogP contribution is 1.82. The molecule has 4 heteroatoms. The van der Waals surface area contributed by atoms with E-state index in [-0.39, 0.29) is 18.8 Å². The molecule has 9 heavy (non-hydrogen) atoms. The minimum Gasteiger partial charge on any atom is -0.376 e. The van der Waals surface area contributed by atoms with E-state index in [1.54, 1.807) is 0 Å². The molecule has 52 valence electrons. The summed E-state index contributed by atoms with van der Waals surface area (Å²) in [6, 6.07) is 0. The van der Waals surface area contributed by atoms with Gasteiger partial charge in [-0.1, -0.05) is 6.58 Å². The van der Waals surface area contributed by atoms with Crippen molar-refractivity contribution in [1.82, 2.24) is 5.32 Å². The minimum atomic E-state index is -0.403. The molecule has 0 saturated heterocycles. The second-order valence-corrected chi connectivity index (χ2v) is 1.47. The molecule has 0 fully saturated rings. The Hall–Kier alpha value is -0.870. The highest BCUT2D eigenvalue weighted by atomic mass is 16.3. The zero-order valence-corrected chi connectivity index (χ0v) is 5.05. The molecule has 0 bridgehead atoms. The summed E-state index contributed by atoms with van der Waals surface area (Å²) in [6.07, 6.45) is 0. The average Bonchev–Trinajstić information content (AvgIpc) is 1.87. The monoisotopic (exact) mass is 130 g/mol. The maximum atomic E-state index is 10.5. The number of amides is 1. The fraction of sp³-hybridized carbons (Fsp3) is 0.400. The molecule has 4 nitrogen and oxygen atoms in total. The molecule has 0 spiro atoms. The summed E-state index contributed by atoms with van der Waals surface area (Å²) in [4.78, 5) is 10.5. The number of carbonyl (C=O) groups excluding carboxylic acids is 1. The number of nitrogens with one attached hydrogen (secondary N) is 1. The average molecular weight is 130 g/mol. The zero-order valence-electron chi connectivity index (χ0n) is 5.05. The number of hydrogen-bond donors (Lipinski definition) is 3. The third-order valence-corrected chi connectivity index (χ3v) is 0.807. The lowest BCUT2D eigenvalue weighted by Gasteiger charge is -1.99. The van der Waals surface area contributed by atoms with Crippen molar-refractivity contribution in [1.29, 1.82) is 0 Å². The van der Waals surface area contributed by atoms with Gasteiger partial charge < -0.3 is 16.2 Å². The molecule has 4 N–H and O–H groups in total. The Kier molecular flexibility index (Phi) is 3.66. The Bertz CT molecular complexity index is 122. The van der Waals surface area contributed by atoms with Crippen LogP contribution in [-0.4, -0.2) is 24.3 Å². The molecule has 0 aromatic heterocycles. The summed E-state index contributed by atoms with van der Waals surface area (Å²) in [6.45, 7) is 3.08. The van der Waals surface area contributed by atoms with Crippen LogP contribution in [0.4, 0.5) is 0 Å². The van der Waals surface area contributed by atoms with Crippen molar-refractivity contribution in [3.63, 3.8) is 0 Å². The normalized spacial score (nSPS) is 8.67. The highest BCUT2D eigenvalue weighted by Gasteiger charge is 2.00. The van der Waals surface area contributed by atoms with Crippen LogP contribution in [-0.2, 0) is 4.79 Å². The molecule has 0 saturated carbocycles. The van der Waals surface area contributed by atoms with E-state index in [1.165, 1.54) is 0 Å². The van der Waals surface area contributed by atoms with Crippen molar-refractivity contribution in [3.8, 4) is 0 Å². The predicted octanol–water partition coefficient (Wildman–Crippen LogP) is -1.43. The van der Waals surface area contributed by atoms with Crippen LogP contribution in [0.1, 0.15) is 0 Å². The highest BCUT2D eigenvalue weighted by molar-refractivity contribution is 5.92. The van der Waals surface area contributed by atoms with Crippen molar-refractivity contribution in [3.05, 3.63) is 12.2 Å². The second-order valence-electron chi connectivity index (χ2n) is 1.47. The Balaban J connectivity index is 3.60. The molecule has 0 aromatic rings. The van der Waals surface area contributed by atoms with E-state index < -0.39 is 5.91 Å². The maximum Gasteiger partial charge on any atom is 0.249 e. The Morgan fingerprint density at radius 2 is 2.33 bits per heavy atom. The first-order valence-electron chi connectivity index (χ1n) is 2.49. The molecule has 0 heterocycles. The van der Waals surface area contributed by atoms with Crippen LogP contribution in [0.5, 0.6) is 0 Å². The van der Waals surface area contributed by atoms with Gasteiger partial charge in [-0.2, -0.15) is 0 Å². The molecule has 0 unspecified atom stereocenters. The quantitative estimate of drug-likeness (QED) is 0.324. The van der Waals surface area contributed by atoms with Gasteiger partial charge in [0.25, 0.3) is 0 Å². The van der Waals surface area contributed by atoms with Crippen LogP contribution >= 0.6 is 0 Å². The van der Waals surface area contributed by atoms with Gasteiger partial charge in [0.15, 0.2) is 0 Å². The van der Waals surface area contributed by atoms with Gasteiger partial charge in [0, 0.05) is 12.1 Å². The summed E-state index contributed by atoms with van der Waals surface area (Å²) in [5.41, 5.74) is 5.33. The van der Waals surface area contributed by atoms with Gasteiger partial charge in [-0.3, -0.25) is 4.79 Å². The summed E-state index contributed by atoms with van der Waals surface area (Å²) >= 11 is 0. The fourth-order valence-electron chi connectivity index (χ4n) is 0.290. The lowest BCUT2D eigenvalue weighted by atomic mass is 10.3. The molecule has 0 rings (SSSR count). The number of hydrogen-bond acceptors (Lipinski definition) is 3. The van der Waals surface area contributed by atoms with Gasteiger partial charge in [0.2, 0.25) is 5.91 Å². The summed E-state index contributed by atoms with van der Waals surface area (Å²) in [5, 5.41) is 10.3. The Morgan fingerprint density at radius 3 is 2.67 bits per heavy atom. The summed E-state index contributed by atoms with van der Waals surface area (Å²) in [7, 11) is 0. The maximum absolute atomic E-state index is 10.5. The topological polar surface area (TPSA) is 75.4 Å². The first-order valence-corrected chi connectivity index (χ1v) is 2.49. The van der Waals surface area contributed by atoms with Gasteiger partial charge in [-0.15, -0.1) is 0 Å². The van der Waals surface area contributed by atoms with Crippen molar-refractivity contribution in [2.75, 3.05) is 13.3 Å². The van der Waals surface area contributed by atoms with Crippen LogP contribution in [0.2, 0.25) is 0 Å². The lowest BCUT2D eigenvalue weighted by molar-refractivity contribution is -0.118. The Labute approximate surface area is 53.4 Å². The lowest BCUT2D eigenvalue weighted by Crippen LogP contribution is -2.28. The largest absolute Gasteiger partial charge is 0.376 e. The van der Waals surface area contributed by atoms with Gasteiger partial charge in [0.1, 0.15) is 6.73 Å². The fourth-order valence-corrected chi connectivity index (χ4v) is 0.290. The van der Waals surface area contributed by atoms with Crippen molar-refractivity contribution >= 4 is 5.91 Å². The van der Waals surface area contributed by atoms with Crippen LogP contribution in [0.25, 0.3) is 0 Å². The molecule has 0 aliphatic carbocycles. The van der Waals surface area contributed by atoms with E-state index in [1.807, 2.05) is 0 Å². The van der Waals surface area contributed by atoms with Crippen LogP contribution < -0.4 is 11.1 Å². The van der Waals surface area contributed by atoms with Gasteiger partial charge in [0.05, 0.1) is 0 Å². The van der Waals surface area contributed by atoms with Gasteiger partial charge in [-0.25, -0.2) is 0 Å². The van der Waals surface area contributed by atoms with Gasteiger partial charge in [-0.05, 0) is 0 Å². The molecule has 1 amide bonds. The van der Waals surface area contributed by atoms with Crippen molar-refractivity contribution in [2.24, 2.45) is 5.73 Å². The SMILES string of the molecule is C=C(CN)C(=O)NCO. The standard InChI is InChI=1S/C5H10N2O2/c1-4(2-6)5(9)7-3-8/h8H,1-3,6H2,(H,7,9). The van der Waals surface area contributed by atoms with E-state index >= 15 is 0 Å². The predicted molar refractivity (Wildman–Crippen MR) is 33.4 cm³/mol. The third kappa shape index (κ3) is 2.84. The molecule has 0 aromatic carbocycles. The zero-order chi connectivity index (χ0) is 7.28. The molecule has 0 aliphatic heterocycles. The number of rotatable bonds is 3. The van der Waals surface area contributed by atoms with Crippen molar-refractivity contribution < 1.29 is 9.90 Å². The number of carbonyl (C=O) groups is 1. The number of aliphatic hydroxyl groups is 1. The first kappa shape index (κ1) is 8.13. The van der Waals surface area contributed by atoms with E-state index in [2.05, 4.69) is 11.9 Å². The number of nitrogens with two attached hydrogens (primary N) is 1. The van der Waals surface area contributed by atoms with Crippen LogP contribution in [0, 0.1) is 0 Å². The van der Waals surface area contributed by atoms with Crippen LogP contribution in [0.15, 0.2) is 12.2 Å². The molecule has 0 radical (unpaired) electrons. The summed E-state index contributed by atoms with van der Waals surface area (Å²) < 4.78 is 0. The first-order chi connectivity index (χ1) is 4.22. The Morgan fingerprint density at radius 1 is 1.78 bits per heavy atom. The van der Waals surface area contributed by atoms with Crippen molar-refractivity contribution in [2.45, 2.75) is 0 Å². The molecule has 0 atom stereocenters. The smallest absolute Gasteiger partial charge is 0.249 e. The van der Waals surface area contributed by atoms with Crippen LogP contribution in [0.3, 0.4) is 0 Å². The van der Waals surface area contributed by atoms with E-state index in [0.717, 1.165) is 0 Å². The molecular weight excluding hydrogens is 120 g/mol. The van der Waals surface area contributed by atoms with E-state index in [0.29, 0.717) is 0 Å². The molecule has 0 aliphatic rings. The van der Waals surface area contributed by atoms with Gasteiger partial charge >= 0.3 is 0 Å². The van der Waals surface area contributed by atoms with E-state index in [4.69, 9.17) is 10.8 Å².